The van der Waals surface area contributed by atoms with Crippen LogP contribution in [0, 0.1) is 20.2 Å². The largest absolute Gasteiger partial charge is 0.396 e. The van der Waals surface area contributed by atoms with E-state index in [2.05, 4.69) is 5.32 Å². The molecule has 0 heterocycles. The molecule has 1 atom stereocenters. The van der Waals surface area contributed by atoms with Crippen molar-refractivity contribution in [2.75, 3.05) is 25.1 Å². The highest BCUT2D eigenvalue weighted by atomic mass is 16.6. The maximum atomic E-state index is 11.0. The summed E-state index contributed by atoms with van der Waals surface area (Å²) in [6, 6.07) is 1.90. The smallest absolute Gasteiger partial charge is 0.281 e. The summed E-state index contributed by atoms with van der Waals surface area (Å²) in [7, 11) is 0. The number of aliphatic hydroxyl groups excluding tert-OH is 3. The Kier molecular flexibility index (Phi) is 5.96. The minimum atomic E-state index is -1.12. The molecular weight excluding hydrogens is 286 g/mol. The number of nitrogens with one attached hydrogen (secondary N) is 1. The summed E-state index contributed by atoms with van der Waals surface area (Å²) in [5.74, 6) is 0. The molecular formula is C11H15N3O7. The predicted molar refractivity (Wildman–Crippen MR) is 72.1 cm³/mol. The third-order valence-electron chi connectivity index (χ3n) is 2.72. The van der Waals surface area contributed by atoms with Crippen LogP contribution in [-0.4, -0.2) is 51.0 Å². The maximum absolute atomic E-state index is 11.0. The summed E-state index contributed by atoms with van der Waals surface area (Å²) in [5.41, 5.74) is -0.806. The molecule has 0 radical (unpaired) electrons. The first-order chi connectivity index (χ1) is 9.90. The van der Waals surface area contributed by atoms with E-state index in [0.29, 0.717) is 0 Å². The summed E-state index contributed by atoms with van der Waals surface area (Å²) in [4.78, 5) is 20.3. The number of hydrogen-bond acceptors (Lipinski definition) is 8. The van der Waals surface area contributed by atoms with Crippen LogP contribution in [0.1, 0.15) is 5.56 Å². The Balaban J connectivity index is 3.27. The average molecular weight is 301 g/mol. The number of rotatable bonds is 8. The Hall–Kier alpha value is -2.30. The SMILES string of the molecule is O=[N+]([O-])c1cc(NCC(O)CO)c(CCO)c([N+](=O)[O-])c1. The van der Waals surface area contributed by atoms with E-state index in [1.54, 1.807) is 0 Å². The van der Waals surface area contributed by atoms with Gasteiger partial charge in [-0.05, 0) is 0 Å². The lowest BCUT2D eigenvalue weighted by atomic mass is 10.1. The van der Waals surface area contributed by atoms with Gasteiger partial charge < -0.3 is 20.6 Å². The third-order valence-corrected chi connectivity index (χ3v) is 2.72. The lowest BCUT2D eigenvalue weighted by Crippen LogP contribution is -2.23. The molecule has 1 aromatic rings. The highest BCUT2D eigenvalue weighted by Crippen LogP contribution is 2.32. The van der Waals surface area contributed by atoms with Gasteiger partial charge in [-0.3, -0.25) is 20.2 Å². The molecule has 116 valence electrons. The number of anilines is 1. The van der Waals surface area contributed by atoms with Gasteiger partial charge in [0.1, 0.15) is 0 Å². The quantitative estimate of drug-likeness (QED) is 0.379. The van der Waals surface area contributed by atoms with Crippen LogP contribution in [0.25, 0.3) is 0 Å². The molecule has 0 amide bonds. The van der Waals surface area contributed by atoms with Crippen LogP contribution in [0.5, 0.6) is 0 Å². The average Bonchev–Trinajstić information content (AvgIpc) is 2.45. The van der Waals surface area contributed by atoms with E-state index < -0.39 is 33.9 Å². The van der Waals surface area contributed by atoms with Gasteiger partial charge in [0, 0.05) is 25.6 Å². The molecule has 0 saturated heterocycles. The summed E-state index contributed by atoms with van der Waals surface area (Å²) >= 11 is 0. The van der Waals surface area contributed by atoms with Crippen molar-refractivity contribution in [3.8, 4) is 0 Å². The minimum Gasteiger partial charge on any atom is -0.396 e. The van der Waals surface area contributed by atoms with E-state index in [0.717, 1.165) is 12.1 Å². The predicted octanol–water partition coefficient (Wildman–Crippen LogP) is -0.197. The zero-order valence-electron chi connectivity index (χ0n) is 10.9. The van der Waals surface area contributed by atoms with E-state index >= 15 is 0 Å². The third kappa shape index (κ3) is 4.34. The highest BCUT2D eigenvalue weighted by Gasteiger charge is 2.23. The molecule has 0 fully saturated rings. The first kappa shape index (κ1) is 16.8. The number of benzene rings is 1. The Morgan fingerprint density at radius 3 is 2.33 bits per heavy atom. The molecule has 1 unspecified atom stereocenters. The summed E-state index contributed by atoms with van der Waals surface area (Å²) in [6.45, 7) is -1.05. The van der Waals surface area contributed by atoms with Gasteiger partial charge in [-0.25, -0.2) is 0 Å². The molecule has 4 N–H and O–H groups in total. The fourth-order valence-electron chi connectivity index (χ4n) is 1.73. The fraction of sp³-hybridized carbons (Fsp3) is 0.455. The highest BCUT2D eigenvalue weighted by molar-refractivity contribution is 5.66. The molecule has 0 aliphatic rings. The standard InChI is InChI=1S/C11H15N3O7/c15-2-1-9-10(12-5-8(17)6-16)3-7(13(18)19)4-11(9)14(20)21/h3-4,8,12,15-17H,1-2,5-6H2. The van der Waals surface area contributed by atoms with Crippen molar-refractivity contribution in [2.24, 2.45) is 0 Å². The Bertz CT molecular complexity index is 535. The molecule has 1 aromatic carbocycles. The molecule has 10 nitrogen and oxygen atoms in total. The van der Waals surface area contributed by atoms with Crippen molar-refractivity contribution in [3.05, 3.63) is 37.9 Å². The maximum Gasteiger partial charge on any atom is 0.281 e. The van der Waals surface area contributed by atoms with Gasteiger partial charge >= 0.3 is 0 Å². The molecule has 0 aliphatic heterocycles. The van der Waals surface area contributed by atoms with E-state index in [-0.39, 0.29) is 30.8 Å². The molecule has 1 rings (SSSR count). The van der Waals surface area contributed by atoms with Gasteiger partial charge in [-0.1, -0.05) is 0 Å². The number of nitro groups is 2. The number of aliphatic hydroxyl groups is 3. The van der Waals surface area contributed by atoms with Gasteiger partial charge in [0.05, 0.1) is 39.9 Å². The summed E-state index contributed by atoms with van der Waals surface area (Å²) in [6.07, 6.45) is -1.20. The molecule has 0 aromatic heterocycles. The first-order valence-corrected chi connectivity index (χ1v) is 6.00. The van der Waals surface area contributed by atoms with E-state index in [1.807, 2.05) is 0 Å². The van der Waals surface area contributed by atoms with Gasteiger partial charge in [-0.2, -0.15) is 0 Å². The van der Waals surface area contributed by atoms with Crippen LogP contribution in [0.2, 0.25) is 0 Å². The second kappa shape index (κ2) is 7.47. The zero-order chi connectivity index (χ0) is 16.0. The zero-order valence-corrected chi connectivity index (χ0v) is 10.9. The lowest BCUT2D eigenvalue weighted by molar-refractivity contribution is -0.394. The number of non-ortho nitro benzene ring substituents is 1. The number of nitrogens with zero attached hydrogens (tertiary/aromatic N) is 2. The molecule has 0 aliphatic carbocycles. The molecule has 0 spiro atoms. The number of nitro benzene ring substituents is 2. The second-order valence-electron chi connectivity index (χ2n) is 4.20. The Morgan fingerprint density at radius 1 is 1.19 bits per heavy atom. The Morgan fingerprint density at radius 2 is 1.86 bits per heavy atom. The van der Waals surface area contributed by atoms with Crippen LogP contribution in [0.3, 0.4) is 0 Å². The topological polar surface area (TPSA) is 159 Å². The first-order valence-electron chi connectivity index (χ1n) is 6.00. The van der Waals surface area contributed by atoms with Crippen molar-refractivity contribution < 1.29 is 25.2 Å². The van der Waals surface area contributed by atoms with Crippen LogP contribution >= 0.6 is 0 Å². The van der Waals surface area contributed by atoms with Crippen LogP contribution in [0.15, 0.2) is 12.1 Å². The van der Waals surface area contributed by atoms with Crippen LogP contribution in [-0.2, 0) is 6.42 Å². The molecule has 0 bridgehead atoms. The second-order valence-corrected chi connectivity index (χ2v) is 4.20. The van der Waals surface area contributed by atoms with Gasteiger partial charge in [0.25, 0.3) is 11.4 Å². The normalized spacial score (nSPS) is 12.0. The monoisotopic (exact) mass is 301 g/mol. The van der Waals surface area contributed by atoms with Gasteiger partial charge in [-0.15, -0.1) is 0 Å². The minimum absolute atomic E-state index is 0.0671. The van der Waals surface area contributed by atoms with Crippen LogP contribution < -0.4 is 5.32 Å². The van der Waals surface area contributed by atoms with Crippen molar-refractivity contribution in [1.29, 1.82) is 0 Å². The summed E-state index contributed by atoms with van der Waals surface area (Å²) in [5, 5.41) is 51.4. The van der Waals surface area contributed by atoms with E-state index in [4.69, 9.17) is 10.2 Å². The van der Waals surface area contributed by atoms with Gasteiger partial charge in [0.2, 0.25) is 0 Å². The lowest BCUT2D eigenvalue weighted by Gasteiger charge is -2.14. The molecule has 10 heteroatoms. The Labute approximate surface area is 118 Å². The van der Waals surface area contributed by atoms with Crippen molar-refractivity contribution in [3.63, 3.8) is 0 Å². The van der Waals surface area contributed by atoms with E-state index in [1.165, 1.54) is 0 Å². The van der Waals surface area contributed by atoms with Crippen molar-refractivity contribution >= 4 is 17.1 Å². The summed E-state index contributed by atoms with van der Waals surface area (Å²) < 4.78 is 0. The van der Waals surface area contributed by atoms with Crippen LogP contribution in [0.4, 0.5) is 17.1 Å². The number of hydrogen-bond donors (Lipinski definition) is 4. The van der Waals surface area contributed by atoms with Crippen molar-refractivity contribution in [2.45, 2.75) is 12.5 Å². The molecule has 0 saturated carbocycles. The fourth-order valence-corrected chi connectivity index (χ4v) is 1.73. The molecule has 21 heavy (non-hydrogen) atoms. The van der Waals surface area contributed by atoms with Gasteiger partial charge in [0.15, 0.2) is 0 Å². The van der Waals surface area contributed by atoms with E-state index in [9.17, 15) is 25.3 Å². The van der Waals surface area contributed by atoms with Crippen molar-refractivity contribution in [1.82, 2.24) is 0 Å².